The first-order valence-electron chi connectivity index (χ1n) is 7.15. The van der Waals surface area contributed by atoms with E-state index < -0.39 is 0 Å². The van der Waals surface area contributed by atoms with E-state index in [1.165, 1.54) is 12.8 Å². The Morgan fingerprint density at radius 3 is 2.59 bits per heavy atom. The second-order valence-corrected chi connectivity index (χ2v) is 6.45. The maximum absolute atomic E-state index is 12.1. The molecule has 3 atom stereocenters. The number of carbonyl (C=O) groups excluding carboxylic acids is 1. The number of rotatable bonds is 2. The van der Waals surface area contributed by atoms with Crippen LogP contribution in [0, 0.1) is 10.8 Å². The maximum Gasteiger partial charge on any atom is 0.141 e. The fourth-order valence-corrected chi connectivity index (χ4v) is 3.85. The fourth-order valence-electron chi connectivity index (χ4n) is 3.85. The molecule has 2 nitrogen and oxygen atoms in total. The lowest BCUT2D eigenvalue weighted by Crippen LogP contribution is -2.57. The maximum atomic E-state index is 12.1. The van der Waals surface area contributed by atoms with Crippen molar-refractivity contribution in [3.8, 4) is 0 Å². The lowest BCUT2D eigenvalue weighted by atomic mass is 9.56. The normalized spacial score (nSPS) is 41.1. The zero-order valence-electron chi connectivity index (χ0n) is 11.7. The third-order valence-corrected chi connectivity index (χ3v) is 5.23. The summed E-state index contributed by atoms with van der Waals surface area (Å²) in [6.45, 7) is 8.61. The van der Waals surface area contributed by atoms with Gasteiger partial charge in [0.15, 0.2) is 0 Å². The molecule has 2 fully saturated rings. The van der Waals surface area contributed by atoms with Gasteiger partial charge in [-0.1, -0.05) is 27.7 Å². The largest absolute Gasteiger partial charge is 0.373 e. The molecule has 1 saturated heterocycles. The SMILES string of the molecule is CC[C@H]1CC[C@@]2(CC)CCC(=O)C(C)(C)[C@@H]2O1. The standard InChI is InChI=1S/C15H26O2/c1-5-11-7-9-15(6-2)10-8-12(16)14(3,4)13(15)17-11/h11,13H,5-10H2,1-4H3/t11-,13-,15-/m0/s1. The van der Waals surface area contributed by atoms with Gasteiger partial charge >= 0.3 is 0 Å². The van der Waals surface area contributed by atoms with Crippen molar-refractivity contribution in [3.05, 3.63) is 0 Å². The molecule has 17 heavy (non-hydrogen) atoms. The molecule has 0 N–H and O–H groups in total. The molecule has 0 aromatic rings. The molecular weight excluding hydrogens is 212 g/mol. The predicted molar refractivity (Wildman–Crippen MR) is 68.9 cm³/mol. The van der Waals surface area contributed by atoms with Crippen LogP contribution in [0.25, 0.3) is 0 Å². The monoisotopic (exact) mass is 238 g/mol. The van der Waals surface area contributed by atoms with Crippen LogP contribution < -0.4 is 0 Å². The molecule has 2 rings (SSSR count). The van der Waals surface area contributed by atoms with Gasteiger partial charge in [-0.25, -0.2) is 0 Å². The van der Waals surface area contributed by atoms with E-state index in [0.29, 0.717) is 11.9 Å². The average molecular weight is 238 g/mol. The summed E-state index contributed by atoms with van der Waals surface area (Å²) in [5.74, 6) is 0.392. The molecule has 0 amide bonds. The molecule has 1 aliphatic carbocycles. The quantitative estimate of drug-likeness (QED) is 0.732. The van der Waals surface area contributed by atoms with Crippen molar-refractivity contribution in [2.75, 3.05) is 0 Å². The van der Waals surface area contributed by atoms with Gasteiger partial charge in [0.25, 0.3) is 0 Å². The van der Waals surface area contributed by atoms with E-state index in [1.54, 1.807) is 0 Å². The molecule has 2 heteroatoms. The molecule has 0 spiro atoms. The van der Waals surface area contributed by atoms with Crippen LogP contribution in [0.15, 0.2) is 0 Å². The highest BCUT2D eigenvalue weighted by Crippen LogP contribution is 2.54. The minimum absolute atomic E-state index is 0.139. The van der Waals surface area contributed by atoms with Crippen LogP contribution >= 0.6 is 0 Å². The lowest BCUT2D eigenvalue weighted by molar-refractivity contribution is -0.198. The molecule has 1 aliphatic heterocycles. The molecular formula is C15H26O2. The first-order chi connectivity index (χ1) is 7.96. The van der Waals surface area contributed by atoms with E-state index in [0.717, 1.165) is 25.7 Å². The molecule has 0 aromatic carbocycles. The summed E-state index contributed by atoms with van der Waals surface area (Å²) in [4.78, 5) is 12.1. The lowest BCUT2D eigenvalue weighted by Gasteiger charge is -2.55. The van der Waals surface area contributed by atoms with E-state index in [9.17, 15) is 4.79 Å². The summed E-state index contributed by atoms with van der Waals surface area (Å²) in [6, 6.07) is 0. The van der Waals surface area contributed by atoms with E-state index in [2.05, 4.69) is 27.7 Å². The van der Waals surface area contributed by atoms with Crippen LogP contribution in [0.2, 0.25) is 0 Å². The van der Waals surface area contributed by atoms with Crippen molar-refractivity contribution < 1.29 is 9.53 Å². The summed E-state index contributed by atoms with van der Waals surface area (Å²) in [6.07, 6.45) is 6.91. The zero-order chi connectivity index (χ0) is 12.7. The number of ketones is 1. The van der Waals surface area contributed by atoms with Crippen molar-refractivity contribution in [2.45, 2.75) is 78.4 Å². The zero-order valence-corrected chi connectivity index (χ0v) is 11.7. The molecule has 98 valence electrons. The van der Waals surface area contributed by atoms with Crippen LogP contribution in [0.3, 0.4) is 0 Å². The van der Waals surface area contributed by atoms with E-state index in [4.69, 9.17) is 4.74 Å². The van der Waals surface area contributed by atoms with Crippen LogP contribution in [-0.2, 0) is 9.53 Å². The molecule has 1 heterocycles. The van der Waals surface area contributed by atoms with E-state index >= 15 is 0 Å². The minimum Gasteiger partial charge on any atom is -0.373 e. The topological polar surface area (TPSA) is 26.3 Å². The Morgan fingerprint density at radius 2 is 2.00 bits per heavy atom. The second kappa shape index (κ2) is 4.38. The van der Waals surface area contributed by atoms with Crippen molar-refractivity contribution in [1.29, 1.82) is 0 Å². The van der Waals surface area contributed by atoms with Gasteiger partial charge in [0.05, 0.1) is 17.6 Å². The summed E-state index contributed by atoms with van der Waals surface area (Å²) in [5.41, 5.74) is -0.0226. The van der Waals surface area contributed by atoms with Gasteiger partial charge in [-0.3, -0.25) is 4.79 Å². The summed E-state index contributed by atoms with van der Waals surface area (Å²) >= 11 is 0. The van der Waals surface area contributed by atoms with E-state index in [1.807, 2.05) is 0 Å². The number of hydrogen-bond donors (Lipinski definition) is 0. The van der Waals surface area contributed by atoms with Gasteiger partial charge in [0.1, 0.15) is 5.78 Å². The summed E-state index contributed by atoms with van der Waals surface area (Å²) in [7, 11) is 0. The first-order valence-corrected chi connectivity index (χ1v) is 7.15. The van der Waals surface area contributed by atoms with Gasteiger partial charge in [-0.05, 0) is 37.5 Å². The van der Waals surface area contributed by atoms with Crippen LogP contribution in [0.4, 0.5) is 0 Å². The van der Waals surface area contributed by atoms with Crippen LogP contribution in [-0.4, -0.2) is 18.0 Å². The van der Waals surface area contributed by atoms with Crippen LogP contribution in [0.1, 0.15) is 66.2 Å². The Kier molecular flexibility index (Phi) is 3.37. The summed E-state index contributed by atoms with van der Waals surface area (Å²) in [5, 5.41) is 0. The van der Waals surface area contributed by atoms with Gasteiger partial charge in [-0.15, -0.1) is 0 Å². The number of fused-ring (bicyclic) bond motifs is 1. The first kappa shape index (κ1) is 13.1. The Hall–Kier alpha value is -0.370. The van der Waals surface area contributed by atoms with Crippen molar-refractivity contribution >= 4 is 5.78 Å². The number of hydrogen-bond acceptors (Lipinski definition) is 2. The molecule has 0 bridgehead atoms. The molecule has 2 aliphatic rings. The van der Waals surface area contributed by atoms with Crippen molar-refractivity contribution in [3.63, 3.8) is 0 Å². The van der Waals surface area contributed by atoms with Crippen molar-refractivity contribution in [2.24, 2.45) is 10.8 Å². The Labute approximate surface area is 105 Å². The second-order valence-electron chi connectivity index (χ2n) is 6.45. The molecule has 1 saturated carbocycles. The summed E-state index contributed by atoms with van der Waals surface area (Å²) < 4.78 is 6.30. The van der Waals surface area contributed by atoms with Crippen molar-refractivity contribution in [1.82, 2.24) is 0 Å². The number of Topliss-reactive ketones (excluding diaryl/α,β-unsaturated/α-hetero) is 1. The number of ether oxygens (including phenoxy) is 1. The molecule has 0 unspecified atom stereocenters. The minimum atomic E-state index is -0.290. The van der Waals surface area contributed by atoms with Gasteiger partial charge < -0.3 is 4.74 Å². The van der Waals surface area contributed by atoms with Gasteiger partial charge in [0, 0.05) is 6.42 Å². The van der Waals surface area contributed by atoms with E-state index in [-0.39, 0.29) is 16.9 Å². The highest BCUT2D eigenvalue weighted by atomic mass is 16.5. The predicted octanol–water partition coefficient (Wildman–Crippen LogP) is 3.73. The molecule has 0 aromatic heterocycles. The van der Waals surface area contributed by atoms with Crippen LogP contribution in [0.5, 0.6) is 0 Å². The molecule has 0 radical (unpaired) electrons. The third kappa shape index (κ3) is 1.95. The highest BCUT2D eigenvalue weighted by molar-refractivity contribution is 5.85. The third-order valence-electron chi connectivity index (χ3n) is 5.23. The highest BCUT2D eigenvalue weighted by Gasteiger charge is 2.55. The fraction of sp³-hybridized carbons (Fsp3) is 0.933. The van der Waals surface area contributed by atoms with Gasteiger partial charge in [0.2, 0.25) is 0 Å². The Morgan fingerprint density at radius 1 is 1.29 bits per heavy atom. The average Bonchev–Trinajstić information content (AvgIpc) is 2.34. The Balaban J connectivity index is 2.30. The Bertz CT molecular complexity index is 308. The number of carbonyl (C=O) groups is 1. The van der Waals surface area contributed by atoms with Gasteiger partial charge in [-0.2, -0.15) is 0 Å². The smallest absolute Gasteiger partial charge is 0.141 e.